The molecule has 5 nitrogen and oxygen atoms in total. The lowest BCUT2D eigenvalue weighted by atomic mass is 9.43. The quantitative estimate of drug-likeness (QED) is 0.684. The molecule has 150 valence electrons. The normalized spacial score (nSPS) is 52.7. The maximum absolute atomic E-state index is 13.3. The third-order valence-electron chi connectivity index (χ3n) is 8.94. The highest BCUT2D eigenvalue weighted by Gasteiger charge is 2.81. The Morgan fingerprint density at radius 1 is 1.07 bits per heavy atom. The molecule has 0 amide bonds. The molecule has 6 atom stereocenters. The van der Waals surface area contributed by atoms with Crippen molar-refractivity contribution in [1.82, 2.24) is 0 Å². The summed E-state index contributed by atoms with van der Waals surface area (Å²) in [6.07, 6.45) is -2.56. The van der Waals surface area contributed by atoms with Gasteiger partial charge in [-0.2, -0.15) is 13.2 Å². The molecule has 2 bridgehead atoms. The number of nitrogens with zero attached hydrogens (tertiary/aromatic N) is 1. The summed E-state index contributed by atoms with van der Waals surface area (Å²) in [5, 5.41) is 0. The van der Waals surface area contributed by atoms with Crippen molar-refractivity contribution in [3.63, 3.8) is 0 Å². The molecule has 0 N–H and O–H groups in total. The summed E-state index contributed by atoms with van der Waals surface area (Å²) in [4.78, 5) is 24.7. The van der Waals surface area contributed by atoms with Crippen molar-refractivity contribution < 1.29 is 36.5 Å². The van der Waals surface area contributed by atoms with Gasteiger partial charge in [-0.15, -0.1) is 0 Å². The maximum Gasteiger partial charge on any atom is 0.588 e. The molecule has 6 rings (SSSR count). The maximum atomic E-state index is 13.3. The summed E-state index contributed by atoms with van der Waals surface area (Å²) in [7, 11) is 0. The molecule has 0 spiro atoms. The molecule has 4 saturated carbocycles. The molecular formula is C18H25BF3NO4. The number of quaternary nitrogens is 1. The zero-order chi connectivity index (χ0) is 19.6. The Morgan fingerprint density at radius 3 is 2.11 bits per heavy atom. The predicted octanol–water partition coefficient (Wildman–Crippen LogP) is 2.88. The van der Waals surface area contributed by atoms with Crippen LogP contribution in [0.5, 0.6) is 0 Å². The van der Waals surface area contributed by atoms with E-state index < -0.39 is 36.5 Å². The largest absolute Gasteiger partial charge is 0.600 e. The number of halogens is 3. The summed E-state index contributed by atoms with van der Waals surface area (Å²) < 4.78 is 51.1. The third-order valence-corrected chi connectivity index (χ3v) is 8.94. The van der Waals surface area contributed by atoms with Gasteiger partial charge in [0.25, 0.3) is 0 Å². The second-order valence-electron chi connectivity index (χ2n) is 10.2. The van der Waals surface area contributed by atoms with E-state index in [0.29, 0.717) is 11.8 Å². The number of rotatable bonds is 2. The molecule has 4 aliphatic carbocycles. The van der Waals surface area contributed by atoms with Crippen LogP contribution in [0.3, 0.4) is 0 Å². The molecule has 2 heterocycles. The van der Waals surface area contributed by atoms with E-state index in [2.05, 4.69) is 20.8 Å². The van der Waals surface area contributed by atoms with Crippen LogP contribution in [0.15, 0.2) is 0 Å². The molecule has 0 radical (unpaired) electrons. The fraction of sp³-hybridized carbons (Fsp3) is 0.889. The van der Waals surface area contributed by atoms with Crippen LogP contribution >= 0.6 is 0 Å². The number of fused-ring (bicyclic) bond motifs is 4. The topological polar surface area (TPSA) is 52.6 Å². The van der Waals surface area contributed by atoms with Crippen LogP contribution < -0.4 is 0 Å². The smallest absolute Gasteiger partial charge is 0.588 e. The summed E-state index contributed by atoms with van der Waals surface area (Å²) >= 11 is 0. The van der Waals surface area contributed by atoms with E-state index >= 15 is 0 Å². The minimum atomic E-state index is -4.36. The first kappa shape index (κ1) is 17.8. The highest BCUT2D eigenvalue weighted by molar-refractivity contribution is 6.68. The number of carbonyl (C=O) groups is 2. The van der Waals surface area contributed by atoms with Crippen molar-refractivity contribution in [1.29, 1.82) is 0 Å². The molecule has 27 heavy (non-hydrogen) atoms. The van der Waals surface area contributed by atoms with Crippen LogP contribution in [0.1, 0.15) is 40.0 Å². The SMILES string of the molecule is C[C@@H]1[C@H]2C[C@@H](C[C@H]1[N+]13CC(=O)O[B-]1(C1CC1C(F)(F)F)OC(=O)C3)C2(C)C. The Labute approximate surface area is 156 Å². The molecule has 6 fully saturated rings. The second kappa shape index (κ2) is 4.83. The fourth-order valence-electron chi connectivity index (χ4n) is 7.39. The minimum absolute atomic E-state index is 0.0147. The van der Waals surface area contributed by atoms with Crippen LogP contribution in [-0.4, -0.2) is 48.3 Å². The Hall–Kier alpha value is -1.25. The van der Waals surface area contributed by atoms with E-state index in [-0.39, 0.29) is 41.3 Å². The van der Waals surface area contributed by atoms with E-state index in [1.54, 1.807) is 0 Å². The summed E-state index contributed by atoms with van der Waals surface area (Å²) in [6.45, 7) is 3.90. The first-order valence-electron chi connectivity index (χ1n) is 9.94. The van der Waals surface area contributed by atoms with E-state index in [9.17, 15) is 22.8 Å². The number of hydrogen-bond acceptors (Lipinski definition) is 4. The van der Waals surface area contributed by atoms with Gasteiger partial charge in [-0.05, 0) is 35.9 Å². The van der Waals surface area contributed by atoms with Crippen LogP contribution in [0, 0.1) is 29.1 Å². The standard InChI is InChI=1S/C18H25BF3NO4/c1-9-11-4-10(17(11,2)3)5-14(9)23-7-15(24)26-19(23,27-16(25)8-23)13-6-12(13)18(20,21)22/h9-14H,4-8H2,1-3H3/t9-,10+,11-,12?,13?,14-,19?,23?/m1/s1. The van der Waals surface area contributed by atoms with Gasteiger partial charge in [0.15, 0.2) is 0 Å². The van der Waals surface area contributed by atoms with Crippen molar-refractivity contribution in [2.24, 2.45) is 29.1 Å². The molecule has 0 aromatic carbocycles. The minimum Gasteiger partial charge on any atom is -0.600 e. The highest BCUT2D eigenvalue weighted by atomic mass is 19.4. The Balaban J connectivity index is 1.55. The van der Waals surface area contributed by atoms with Crippen LogP contribution in [-0.2, 0) is 18.9 Å². The van der Waals surface area contributed by atoms with Gasteiger partial charge >= 0.3 is 24.8 Å². The first-order valence-corrected chi connectivity index (χ1v) is 9.94. The second-order valence-corrected chi connectivity index (χ2v) is 10.2. The molecule has 6 aliphatic rings. The summed E-state index contributed by atoms with van der Waals surface area (Å²) in [5.41, 5.74) is 0.202. The predicted molar refractivity (Wildman–Crippen MR) is 88.8 cm³/mol. The molecule has 2 unspecified atom stereocenters. The van der Waals surface area contributed by atoms with Crippen molar-refractivity contribution in [2.75, 3.05) is 13.1 Å². The number of carbonyl (C=O) groups excluding carboxylic acids is 2. The average molecular weight is 387 g/mol. The molecular weight excluding hydrogens is 362 g/mol. The Morgan fingerprint density at radius 2 is 1.67 bits per heavy atom. The first-order chi connectivity index (χ1) is 12.4. The Kier molecular flexibility index (Phi) is 3.19. The summed E-state index contributed by atoms with van der Waals surface area (Å²) in [5.74, 6) is -2.40. The molecule has 2 saturated heterocycles. The van der Waals surface area contributed by atoms with E-state index in [0.717, 1.165) is 12.8 Å². The van der Waals surface area contributed by atoms with Gasteiger partial charge in [-0.3, -0.25) is 9.59 Å². The van der Waals surface area contributed by atoms with Gasteiger partial charge in [0.05, 0.1) is 6.04 Å². The van der Waals surface area contributed by atoms with Crippen LogP contribution in [0.4, 0.5) is 13.2 Å². The van der Waals surface area contributed by atoms with Gasteiger partial charge in [-0.1, -0.05) is 27.2 Å². The van der Waals surface area contributed by atoms with Gasteiger partial charge in [-0.25, -0.2) is 0 Å². The number of alkyl halides is 3. The Bertz CT molecular complexity index is 719. The monoisotopic (exact) mass is 387 g/mol. The van der Waals surface area contributed by atoms with Gasteiger partial charge in [0, 0.05) is 11.8 Å². The highest BCUT2D eigenvalue weighted by Crippen LogP contribution is 2.68. The number of hydrogen-bond donors (Lipinski definition) is 0. The van der Waals surface area contributed by atoms with E-state index in [1.165, 1.54) is 0 Å². The fourth-order valence-corrected chi connectivity index (χ4v) is 7.39. The van der Waals surface area contributed by atoms with Gasteiger partial charge < -0.3 is 13.7 Å². The lowest BCUT2D eigenvalue weighted by molar-refractivity contribution is -0.852. The zero-order valence-corrected chi connectivity index (χ0v) is 15.8. The average Bonchev–Trinajstić information content (AvgIpc) is 3.23. The molecule has 0 aromatic rings. The lowest BCUT2D eigenvalue weighted by Crippen LogP contribution is -2.73. The zero-order valence-electron chi connectivity index (χ0n) is 15.8. The van der Waals surface area contributed by atoms with Crippen molar-refractivity contribution >= 4 is 18.6 Å². The molecule has 9 heteroatoms. The summed E-state index contributed by atoms with van der Waals surface area (Å²) in [6, 6.07) is -0.0610. The van der Waals surface area contributed by atoms with Crippen LogP contribution in [0.2, 0.25) is 5.82 Å². The third kappa shape index (κ3) is 2.02. The van der Waals surface area contributed by atoms with E-state index in [1.807, 2.05) is 0 Å². The molecule has 0 aromatic heterocycles. The lowest BCUT2D eigenvalue weighted by Gasteiger charge is -2.66. The van der Waals surface area contributed by atoms with E-state index in [4.69, 9.17) is 9.31 Å². The van der Waals surface area contributed by atoms with Gasteiger partial charge in [0.2, 0.25) is 0 Å². The van der Waals surface area contributed by atoms with Crippen molar-refractivity contribution in [3.05, 3.63) is 0 Å². The van der Waals surface area contributed by atoms with Crippen molar-refractivity contribution in [3.8, 4) is 0 Å². The van der Waals surface area contributed by atoms with Gasteiger partial charge in [0.1, 0.15) is 13.1 Å². The van der Waals surface area contributed by atoms with Crippen LogP contribution in [0.25, 0.3) is 0 Å². The molecule has 2 aliphatic heterocycles. The van der Waals surface area contributed by atoms with Crippen molar-refractivity contribution in [2.45, 2.75) is 58.1 Å².